The molecule has 4 aliphatic carbocycles. The van der Waals surface area contributed by atoms with Gasteiger partial charge >= 0.3 is 5.97 Å². The average molecular weight is 523 g/mol. The Labute approximate surface area is 230 Å². The standard InChI is InChI=1S/C34H50O4/c1-21(2)10-9-11-22(3)25-14-15-26-28-27(17-18-32(25,26)4)33(5)19-16-24(20-34(33)30(38-34)29(28)35)37-31(36)23-12-7-6-8-13-23/h6-8,12-13,21-22,24-30,35H,9-11,14-20H2,1-5H3/t22-,24+,25-,26+,27+,28+,29+,30+,32-,33-,34+/m1/s1. The summed E-state index contributed by atoms with van der Waals surface area (Å²) in [6.45, 7) is 12.2. The minimum absolute atomic E-state index is 0.0551. The summed E-state index contributed by atoms with van der Waals surface area (Å²) in [5, 5.41) is 11.9. The van der Waals surface area contributed by atoms with Crippen LogP contribution >= 0.6 is 0 Å². The van der Waals surface area contributed by atoms with E-state index >= 15 is 0 Å². The lowest BCUT2D eigenvalue weighted by Crippen LogP contribution is -2.63. The molecule has 0 aromatic heterocycles. The highest BCUT2D eigenvalue weighted by molar-refractivity contribution is 5.89. The van der Waals surface area contributed by atoms with E-state index in [0.29, 0.717) is 28.7 Å². The number of carbonyl (C=O) groups is 1. The topological polar surface area (TPSA) is 59.1 Å². The highest BCUT2D eigenvalue weighted by Crippen LogP contribution is 2.74. The summed E-state index contributed by atoms with van der Waals surface area (Å²) in [5.74, 6) is 3.53. The third-order valence-corrected chi connectivity index (χ3v) is 12.6. The molecule has 1 N–H and O–H groups in total. The number of ether oxygens (including phenoxy) is 2. The van der Waals surface area contributed by atoms with E-state index in [0.717, 1.165) is 37.0 Å². The number of hydrogen-bond acceptors (Lipinski definition) is 4. The molecule has 1 saturated heterocycles. The molecule has 1 spiro atoms. The van der Waals surface area contributed by atoms with E-state index in [4.69, 9.17) is 9.47 Å². The molecule has 0 radical (unpaired) electrons. The van der Waals surface area contributed by atoms with Crippen molar-refractivity contribution in [3.63, 3.8) is 0 Å². The van der Waals surface area contributed by atoms with E-state index in [9.17, 15) is 9.90 Å². The second kappa shape index (κ2) is 9.61. The third-order valence-electron chi connectivity index (χ3n) is 12.6. The number of hydrogen-bond donors (Lipinski definition) is 1. The van der Waals surface area contributed by atoms with Crippen LogP contribution in [0.1, 0.15) is 109 Å². The van der Waals surface area contributed by atoms with Crippen molar-refractivity contribution in [2.75, 3.05) is 0 Å². The van der Waals surface area contributed by atoms with Crippen molar-refractivity contribution in [1.82, 2.24) is 0 Å². The maximum Gasteiger partial charge on any atom is 0.338 e. The van der Waals surface area contributed by atoms with Crippen LogP contribution in [-0.2, 0) is 9.47 Å². The summed E-state index contributed by atoms with van der Waals surface area (Å²) >= 11 is 0. The molecule has 0 bridgehead atoms. The fourth-order valence-corrected chi connectivity index (χ4v) is 10.5. The largest absolute Gasteiger partial charge is 0.459 e. The Bertz CT molecular complexity index is 1020. The zero-order valence-corrected chi connectivity index (χ0v) is 24.3. The van der Waals surface area contributed by atoms with Crippen LogP contribution in [0.3, 0.4) is 0 Å². The van der Waals surface area contributed by atoms with Gasteiger partial charge < -0.3 is 14.6 Å². The third kappa shape index (κ3) is 4.02. The zero-order valence-electron chi connectivity index (χ0n) is 24.3. The Morgan fingerprint density at radius 2 is 1.79 bits per heavy atom. The van der Waals surface area contributed by atoms with E-state index < -0.39 is 6.10 Å². The predicted molar refractivity (Wildman–Crippen MR) is 150 cm³/mol. The number of benzene rings is 1. The molecule has 210 valence electrons. The first kappa shape index (κ1) is 26.8. The smallest absolute Gasteiger partial charge is 0.338 e. The molecule has 1 aliphatic heterocycles. The molecule has 4 saturated carbocycles. The maximum atomic E-state index is 12.8. The second-order valence-corrected chi connectivity index (χ2v) is 14.8. The van der Waals surface area contributed by atoms with Crippen LogP contribution in [0.15, 0.2) is 30.3 Å². The maximum absolute atomic E-state index is 12.8. The van der Waals surface area contributed by atoms with Crippen LogP contribution in [0.25, 0.3) is 0 Å². The molecular formula is C34H50O4. The van der Waals surface area contributed by atoms with Gasteiger partial charge in [-0.05, 0) is 91.6 Å². The lowest BCUT2D eigenvalue weighted by atomic mass is 9.43. The van der Waals surface area contributed by atoms with Crippen LogP contribution in [0, 0.1) is 46.3 Å². The fourth-order valence-electron chi connectivity index (χ4n) is 10.5. The molecule has 38 heavy (non-hydrogen) atoms. The lowest BCUT2D eigenvalue weighted by Gasteiger charge is -2.60. The molecule has 11 atom stereocenters. The molecule has 6 rings (SSSR count). The summed E-state index contributed by atoms with van der Waals surface area (Å²) in [5.41, 5.74) is 0.673. The van der Waals surface area contributed by atoms with Crippen molar-refractivity contribution >= 4 is 5.97 Å². The normalized spacial score (nSPS) is 45.9. The van der Waals surface area contributed by atoms with Crippen molar-refractivity contribution in [3.05, 3.63) is 35.9 Å². The zero-order chi connectivity index (χ0) is 26.9. The van der Waals surface area contributed by atoms with Crippen LogP contribution in [0.4, 0.5) is 0 Å². The van der Waals surface area contributed by atoms with E-state index in [1.807, 2.05) is 30.3 Å². The van der Waals surface area contributed by atoms with Crippen molar-refractivity contribution in [1.29, 1.82) is 0 Å². The first-order valence-corrected chi connectivity index (χ1v) is 15.7. The van der Waals surface area contributed by atoms with Crippen LogP contribution < -0.4 is 0 Å². The highest BCUT2D eigenvalue weighted by atomic mass is 16.6. The van der Waals surface area contributed by atoms with Crippen LogP contribution in [0.2, 0.25) is 0 Å². The molecule has 5 aliphatic rings. The van der Waals surface area contributed by atoms with Gasteiger partial charge in [0.1, 0.15) is 17.8 Å². The molecule has 0 amide bonds. The van der Waals surface area contributed by atoms with E-state index in [1.165, 1.54) is 44.9 Å². The quantitative estimate of drug-likeness (QED) is 0.299. The predicted octanol–water partition coefficient (Wildman–Crippen LogP) is 7.44. The molecule has 1 aromatic rings. The SMILES string of the molecule is CC(C)CCC[C@@H](C)[C@H]1CC[C@H]2[C@@H]3[C@H](O)[C@@H]4O[C@@]45C[C@@H](OC(=O)c4ccccc4)CC[C@]5(C)[C@H]3CC[C@]12C. The minimum Gasteiger partial charge on any atom is -0.459 e. The number of rotatable bonds is 7. The minimum atomic E-state index is -0.392. The molecule has 5 fully saturated rings. The van der Waals surface area contributed by atoms with Crippen molar-refractivity contribution < 1.29 is 19.4 Å². The van der Waals surface area contributed by atoms with E-state index in [-0.39, 0.29) is 29.2 Å². The lowest BCUT2D eigenvalue weighted by molar-refractivity contribution is -0.151. The average Bonchev–Trinajstić information content (AvgIpc) is 3.51. The van der Waals surface area contributed by atoms with Crippen LogP contribution in [-0.4, -0.2) is 35.0 Å². The van der Waals surface area contributed by atoms with Gasteiger partial charge in [-0.2, -0.15) is 0 Å². The van der Waals surface area contributed by atoms with Gasteiger partial charge in [0.2, 0.25) is 0 Å². The summed E-state index contributed by atoms with van der Waals surface area (Å²) in [6.07, 6.45) is 11.1. The van der Waals surface area contributed by atoms with Gasteiger partial charge in [0.25, 0.3) is 0 Å². The highest BCUT2D eigenvalue weighted by Gasteiger charge is 2.79. The Morgan fingerprint density at radius 1 is 1.03 bits per heavy atom. The molecular weight excluding hydrogens is 472 g/mol. The summed E-state index contributed by atoms with van der Waals surface area (Å²) in [6, 6.07) is 9.30. The van der Waals surface area contributed by atoms with Crippen LogP contribution in [0.5, 0.6) is 0 Å². The first-order valence-electron chi connectivity index (χ1n) is 15.7. The number of epoxide rings is 1. The molecule has 1 aromatic carbocycles. The van der Waals surface area contributed by atoms with Gasteiger partial charge in [0, 0.05) is 11.8 Å². The molecule has 4 heteroatoms. The Morgan fingerprint density at radius 3 is 2.53 bits per heavy atom. The van der Waals surface area contributed by atoms with E-state index in [1.54, 1.807) is 0 Å². The molecule has 1 heterocycles. The molecule has 0 unspecified atom stereocenters. The number of esters is 1. The molecule has 4 nitrogen and oxygen atoms in total. The van der Waals surface area contributed by atoms with Crippen molar-refractivity contribution in [2.24, 2.45) is 46.3 Å². The van der Waals surface area contributed by atoms with Gasteiger partial charge in [0.05, 0.1) is 11.7 Å². The Kier molecular flexibility index (Phi) is 6.78. The summed E-state index contributed by atoms with van der Waals surface area (Å²) in [7, 11) is 0. The fraction of sp³-hybridized carbons (Fsp3) is 0.794. The van der Waals surface area contributed by atoms with Gasteiger partial charge in [-0.3, -0.25) is 0 Å². The Balaban J connectivity index is 1.17. The summed E-state index contributed by atoms with van der Waals surface area (Å²) in [4.78, 5) is 12.8. The Hall–Kier alpha value is -1.39. The van der Waals surface area contributed by atoms with Gasteiger partial charge in [-0.25, -0.2) is 4.79 Å². The van der Waals surface area contributed by atoms with Gasteiger partial charge in [-0.1, -0.05) is 72.1 Å². The van der Waals surface area contributed by atoms with Gasteiger partial charge in [-0.15, -0.1) is 0 Å². The van der Waals surface area contributed by atoms with Crippen molar-refractivity contribution in [2.45, 2.75) is 123 Å². The van der Waals surface area contributed by atoms with Gasteiger partial charge in [0.15, 0.2) is 0 Å². The monoisotopic (exact) mass is 522 g/mol. The number of aliphatic hydroxyl groups is 1. The number of fused-ring (bicyclic) bond motifs is 4. The second-order valence-electron chi connectivity index (χ2n) is 14.8. The van der Waals surface area contributed by atoms with E-state index in [2.05, 4.69) is 34.6 Å². The number of aliphatic hydroxyl groups excluding tert-OH is 1. The first-order chi connectivity index (χ1) is 18.1. The number of carbonyl (C=O) groups excluding carboxylic acids is 1. The summed E-state index contributed by atoms with van der Waals surface area (Å²) < 4.78 is 12.6. The van der Waals surface area contributed by atoms with Crippen molar-refractivity contribution in [3.8, 4) is 0 Å².